The Hall–Kier alpha value is -0.620. The number of hydrogen-bond donors (Lipinski definition) is 0. The molecule has 0 bridgehead atoms. The summed E-state index contributed by atoms with van der Waals surface area (Å²) in [7, 11) is -3.45. The van der Waals surface area contributed by atoms with Gasteiger partial charge in [-0.25, -0.2) is 8.42 Å². The Morgan fingerprint density at radius 1 is 1.17 bits per heavy atom. The van der Waals surface area contributed by atoms with Crippen molar-refractivity contribution in [2.45, 2.75) is 56.5 Å². The fourth-order valence-electron chi connectivity index (χ4n) is 3.53. The zero-order valence-electron chi connectivity index (χ0n) is 13.8. The van der Waals surface area contributed by atoms with Crippen LogP contribution in [-0.4, -0.2) is 49.3 Å². The third-order valence-electron chi connectivity index (χ3n) is 4.96. The lowest BCUT2D eigenvalue weighted by Gasteiger charge is -2.37. The van der Waals surface area contributed by atoms with Gasteiger partial charge in [0, 0.05) is 17.1 Å². The van der Waals surface area contributed by atoms with E-state index in [1.807, 2.05) is 11.2 Å². The molecule has 1 aliphatic heterocycles. The van der Waals surface area contributed by atoms with Crippen LogP contribution in [0.3, 0.4) is 0 Å². The highest BCUT2D eigenvalue weighted by Crippen LogP contribution is 2.37. The van der Waals surface area contributed by atoms with Gasteiger partial charge in [0.05, 0.1) is 4.90 Å². The van der Waals surface area contributed by atoms with Crippen molar-refractivity contribution in [3.05, 3.63) is 28.8 Å². The quantitative estimate of drug-likeness (QED) is 0.812. The summed E-state index contributed by atoms with van der Waals surface area (Å²) in [6.45, 7) is 6.99. The molecule has 4 nitrogen and oxygen atoms in total. The Morgan fingerprint density at radius 2 is 1.78 bits per heavy atom. The molecule has 1 aliphatic carbocycles. The van der Waals surface area contributed by atoms with Gasteiger partial charge in [-0.05, 0) is 76.0 Å². The maximum Gasteiger partial charge on any atom is 0.243 e. The third-order valence-corrected chi connectivity index (χ3v) is 7.36. The first-order chi connectivity index (χ1) is 10.9. The Morgan fingerprint density at radius 3 is 2.30 bits per heavy atom. The number of sulfonamides is 1. The molecule has 0 unspecified atom stereocenters. The lowest BCUT2D eigenvalue weighted by atomic mass is 10.1. The molecular formula is C17H25ClN2O2S. The smallest absolute Gasteiger partial charge is 0.243 e. The lowest BCUT2D eigenvalue weighted by Crippen LogP contribution is -2.48. The molecule has 1 saturated carbocycles. The van der Waals surface area contributed by atoms with E-state index >= 15 is 0 Å². The van der Waals surface area contributed by atoms with Gasteiger partial charge in [0.1, 0.15) is 0 Å². The molecule has 1 aromatic carbocycles. The summed E-state index contributed by atoms with van der Waals surface area (Å²) in [6.07, 6.45) is 3.83. The summed E-state index contributed by atoms with van der Waals surface area (Å²) in [4.78, 5) is 2.80. The molecular weight excluding hydrogens is 332 g/mol. The summed E-state index contributed by atoms with van der Waals surface area (Å²) >= 11 is 5.99. The predicted octanol–water partition coefficient (Wildman–Crippen LogP) is 3.29. The molecule has 1 heterocycles. The second-order valence-corrected chi connectivity index (χ2v) is 8.89. The molecule has 2 aliphatic rings. The predicted molar refractivity (Wildman–Crippen MR) is 93.4 cm³/mol. The average molecular weight is 357 g/mol. The normalized spacial score (nSPS) is 21.0. The summed E-state index contributed by atoms with van der Waals surface area (Å²) < 4.78 is 28.3. The molecule has 1 aromatic rings. The second-order valence-electron chi connectivity index (χ2n) is 6.64. The van der Waals surface area contributed by atoms with E-state index in [1.54, 1.807) is 18.2 Å². The Bertz CT molecular complexity index is 665. The van der Waals surface area contributed by atoms with Gasteiger partial charge in [0.25, 0.3) is 0 Å². The van der Waals surface area contributed by atoms with E-state index in [4.69, 9.17) is 11.6 Å². The number of likely N-dealkylation sites (tertiary alicyclic amines) is 1. The SMILES string of the molecule is CCN1CCC(N(C2CC2)S(=O)(=O)c2ccc(Cl)cc2C)CC1. The van der Waals surface area contributed by atoms with Crippen LogP contribution >= 0.6 is 11.6 Å². The van der Waals surface area contributed by atoms with E-state index in [9.17, 15) is 8.42 Å². The van der Waals surface area contributed by atoms with Crippen LogP contribution in [0, 0.1) is 6.92 Å². The zero-order chi connectivity index (χ0) is 16.6. The van der Waals surface area contributed by atoms with Crippen LogP contribution in [0.5, 0.6) is 0 Å². The van der Waals surface area contributed by atoms with Crippen LogP contribution in [0.2, 0.25) is 5.02 Å². The Balaban J connectivity index is 1.88. The highest BCUT2D eigenvalue weighted by Gasteiger charge is 2.43. The highest BCUT2D eigenvalue weighted by atomic mass is 35.5. The summed E-state index contributed by atoms with van der Waals surface area (Å²) in [6, 6.07) is 5.38. The topological polar surface area (TPSA) is 40.6 Å². The molecule has 0 amide bonds. The van der Waals surface area contributed by atoms with Gasteiger partial charge in [-0.2, -0.15) is 4.31 Å². The van der Waals surface area contributed by atoms with Crippen molar-refractivity contribution < 1.29 is 8.42 Å². The van der Waals surface area contributed by atoms with E-state index in [0.717, 1.165) is 50.9 Å². The van der Waals surface area contributed by atoms with Crippen molar-refractivity contribution >= 4 is 21.6 Å². The number of rotatable bonds is 5. The van der Waals surface area contributed by atoms with Crippen molar-refractivity contribution in [2.75, 3.05) is 19.6 Å². The molecule has 2 fully saturated rings. The molecule has 6 heteroatoms. The highest BCUT2D eigenvalue weighted by molar-refractivity contribution is 7.89. The average Bonchev–Trinajstić information content (AvgIpc) is 3.32. The number of nitrogens with zero attached hydrogens (tertiary/aromatic N) is 2. The van der Waals surface area contributed by atoms with Crippen molar-refractivity contribution in [2.24, 2.45) is 0 Å². The number of hydrogen-bond acceptors (Lipinski definition) is 3. The van der Waals surface area contributed by atoms with Crippen molar-refractivity contribution in [3.8, 4) is 0 Å². The molecule has 0 aromatic heterocycles. The van der Waals surface area contributed by atoms with E-state index in [0.29, 0.717) is 9.92 Å². The monoisotopic (exact) mass is 356 g/mol. The fraction of sp³-hybridized carbons (Fsp3) is 0.647. The van der Waals surface area contributed by atoms with Crippen LogP contribution in [0.4, 0.5) is 0 Å². The molecule has 1 saturated heterocycles. The van der Waals surface area contributed by atoms with Crippen LogP contribution < -0.4 is 0 Å². The van der Waals surface area contributed by atoms with Gasteiger partial charge >= 0.3 is 0 Å². The van der Waals surface area contributed by atoms with Gasteiger partial charge in [0.2, 0.25) is 10.0 Å². The number of aryl methyl sites for hydroxylation is 1. The first kappa shape index (κ1) is 17.2. The number of halogens is 1. The standard InChI is InChI=1S/C17H25ClN2O2S/c1-3-19-10-8-16(9-11-19)20(15-5-6-15)23(21,22)17-7-4-14(18)12-13(17)2/h4,7,12,15-16H,3,5-6,8-11H2,1-2H3. The van der Waals surface area contributed by atoms with E-state index < -0.39 is 10.0 Å². The molecule has 0 atom stereocenters. The number of piperidine rings is 1. The molecule has 0 N–H and O–H groups in total. The van der Waals surface area contributed by atoms with E-state index in [1.165, 1.54) is 0 Å². The lowest BCUT2D eigenvalue weighted by molar-refractivity contribution is 0.161. The van der Waals surface area contributed by atoms with Gasteiger partial charge in [-0.1, -0.05) is 18.5 Å². The first-order valence-corrected chi connectivity index (χ1v) is 10.3. The van der Waals surface area contributed by atoms with Crippen LogP contribution in [0.15, 0.2) is 23.1 Å². The summed E-state index contributed by atoms with van der Waals surface area (Å²) in [5.41, 5.74) is 0.731. The molecule has 23 heavy (non-hydrogen) atoms. The van der Waals surface area contributed by atoms with E-state index in [2.05, 4.69) is 11.8 Å². The maximum atomic E-state index is 13.3. The summed E-state index contributed by atoms with van der Waals surface area (Å²) in [5, 5.41) is 0.579. The van der Waals surface area contributed by atoms with Crippen molar-refractivity contribution in [1.29, 1.82) is 0 Å². The molecule has 0 spiro atoms. The largest absolute Gasteiger partial charge is 0.303 e. The molecule has 0 radical (unpaired) electrons. The third kappa shape index (κ3) is 3.58. The van der Waals surface area contributed by atoms with Gasteiger partial charge in [0.15, 0.2) is 0 Å². The second kappa shape index (κ2) is 6.71. The van der Waals surface area contributed by atoms with Crippen molar-refractivity contribution in [3.63, 3.8) is 0 Å². The van der Waals surface area contributed by atoms with Gasteiger partial charge in [-0.3, -0.25) is 0 Å². The zero-order valence-corrected chi connectivity index (χ0v) is 15.4. The summed E-state index contributed by atoms with van der Waals surface area (Å²) in [5.74, 6) is 0. The van der Waals surface area contributed by atoms with Crippen LogP contribution in [0.1, 0.15) is 38.2 Å². The van der Waals surface area contributed by atoms with Crippen LogP contribution in [-0.2, 0) is 10.0 Å². The maximum absolute atomic E-state index is 13.3. The first-order valence-electron chi connectivity index (χ1n) is 8.45. The minimum Gasteiger partial charge on any atom is -0.303 e. The Labute approximate surface area is 144 Å². The number of benzene rings is 1. The Kier molecular flexibility index (Phi) is 5.02. The van der Waals surface area contributed by atoms with E-state index in [-0.39, 0.29) is 12.1 Å². The van der Waals surface area contributed by atoms with Crippen molar-refractivity contribution in [1.82, 2.24) is 9.21 Å². The minimum atomic E-state index is -3.45. The minimum absolute atomic E-state index is 0.130. The fourth-order valence-corrected chi connectivity index (χ4v) is 5.89. The molecule has 3 rings (SSSR count). The van der Waals surface area contributed by atoms with Crippen LogP contribution in [0.25, 0.3) is 0 Å². The molecule has 128 valence electrons. The van der Waals surface area contributed by atoms with Gasteiger partial charge in [-0.15, -0.1) is 0 Å². The van der Waals surface area contributed by atoms with Gasteiger partial charge < -0.3 is 4.90 Å².